The molecule has 4 heterocycles. The molecule has 1 fully saturated rings. The first-order valence-electron chi connectivity index (χ1n) is 10.1. The number of nitrogens with zero attached hydrogens (tertiary/aromatic N) is 5. The van der Waals surface area contributed by atoms with E-state index >= 15 is 0 Å². The fraction of sp³-hybridized carbons (Fsp3) is 0.318. The van der Waals surface area contributed by atoms with Crippen molar-refractivity contribution in [2.75, 3.05) is 31.3 Å². The Morgan fingerprint density at radius 2 is 2.06 bits per heavy atom. The van der Waals surface area contributed by atoms with Gasteiger partial charge in [-0.2, -0.15) is 0 Å². The second kappa shape index (κ2) is 7.68. The minimum Gasteiger partial charge on any atom is -0.491 e. The fourth-order valence-electron chi connectivity index (χ4n) is 3.96. The summed E-state index contributed by atoms with van der Waals surface area (Å²) in [4.78, 5) is 15.0. The Morgan fingerprint density at radius 1 is 1.23 bits per heavy atom. The first-order chi connectivity index (χ1) is 15.0. The zero-order valence-electron chi connectivity index (χ0n) is 17.3. The van der Waals surface area contributed by atoms with Crippen LogP contribution in [0.2, 0.25) is 0 Å². The highest BCUT2D eigenvalue weighted by atomic mass is 16.6. The van der Waals surface area contributed by atoms with Gasteiger partial charge in [0.05, 0.1) is 17.0 Å². The summed E-state index contributed by atoms with van der Waals surface area (Å²) >= 11 is 0. The second-order valence-corrected chi connectivity index (χ2v) is 7.89. The minimum absolute atomic E-state index is 0.225. The number of ether oxygens (including phenoxy) is 2. The number of rotatable bonds is 5. The molecule has 4 aromatic rings. The maximum Gasteiger partial charge on any atom is 0.147 e. The molecule has 1 saturated heterocycles. The van der Waals surface area contributed by atoms with Crippen molar-refractivity contribution in [2.24, 2.45) is 0 Å². The number of nitrogen functional groups attached to an aromatic ring is 1. The van der Waals surface area contributed by atoms with Crippen LogP contribution in [-0.2, 0) is 4.74 Å². The number of aromatic nitrogens is 4. The van der Waals surface area contributed by atoms with Crippen LogP contribution in [0.4, 0.5) is 11.6 Å². The summed E-state index contributed by atoms with van der Waals surface area (Å²) in [5.41, 5.74) is 7.31. The lowest BCUT2D eigenvalue weighted by Gasteiger charge is -2.17. The third kappa shape index (κ3) is 3.62. The summed E-state index contributed by atoms with van der Waals surface area (Å²) in [6, 6.07) is 11.3. The molecule has 31 heavy (non-hydrogen) atoms. The highest BCUT2D eigenvalue weighted by Gasteiger charge is 2.36. The fourth-order valence-corrected chi connectivity index (χ4v) is 3.96. The molecule has 1 aromatic carbocycles. The summed E-state index contributed by atoms with van der Waals surface area (Å²) in [5.74, 6) is 1.95. The standard InChI is InChI=1S/C22H24N6O3/c1-27(2)21-15-7-8-28(22(15)25-12-24-21)20-10-17(29)18(31-20)11-30-14-5-3-13-4-6-19(23)26-16(13)9-14/h3-9,12,17-18,20,29H,10-11H2,1-2H3,(H2,23,26)/t17-,18?,20-/m1/s1. The molecule has 0 bridgehead atoms. The van der Waals surface area contributed by atoms with Gasteiger partial charge < -0.3 is 29.8 Å². The molecule has 1 aliphatic rings. The number of aliphatic hydroxyl groups is 1. The van der Waals surface area contributed by atoms with Crippen molar-refractivity contribution < 1.29 is 14.6 Å². The lowest BCUT2D eigenvalue weighted by molar-refractivity contribution is -0.0379. The number of pyridine rings is 1. The molecule has 0 radical (unpaired) electrons. The number of anilines is 2. The van der Waals surface area contributed by atoms with E-state index in [0.717, 1.165) is 27.8 Å². The van der Waals surface area contributed by atoms with Gasteiger partial charge in [-0.05, 0) is 30.3 Å². The predicted octanol–water partition coefficient (Wildman–Crippen LogP) is 2.36. The van der Waals surface area contributed by atoms with Crippen molar-refractivity contribution in [3.05, 3.63) is 48.9 Å². The molecule has 9 nitrogen and oxygen atoms in total. The van der Waals surface area contributed by atoms with Gasteiger partial charge in [0, 0.05) is 38.2 Å². The zero-order chi connectivity index (χ0) is 21.5. The average Bonchev–Trinajstić information content (AvgIpc) is 3.34. The predicted molar refractivity (Wildman–Crippen MR) is 118 cm³/mol. The van der Waals surface area contributed by atoms with Crippen LogP contribution in [-0.4, -0.2) is 57.5 Å². The van der Waals surface area contributed by atoms with Crippen LogP contribution in [0.3, 0.4) is 0 Å². The molecule has 3 atom stereocenters. The Hall–Kier alpha value is -3.43. The average molecular weight is 420 g/mol. The molecule has 3 N–H and O–H groups in total. The van der Waals surface area contributed by atoms with Gasteiger partial charge in [-0.25, -0.2) is 15.0 Å². The number of nitrogens with two attached hydrogens (primary N) is 1. The van der Waals surface area contributed by atoms with Crippen LogP contribution in [0, 0.1) is 0 Å². The van der Waals surface area contributed by atoms with E-state index in [1.165, 1.54) is 0 Å². The van der Waals surface area contributed by atoms with Gasteiger partial charge in [0.15, 0.2) is 0 Å². The molecule has 0 amide bonds. The third-order valence-electron chi connectivity index (χ3n) is 5.53. The third-order valence-corrected chi connectivity index (χ3v) is 5.53. The van der Waals surface area contributed by atoms with Gasteiger partial charge in [-0.1, -0.05) is 0 Å². The molecule has 0 saturated carbocycles. The van der Waals surface area contributed by atoms with Crippen molar-refractivity contribution in [1.82, 2.24) is 19.5 Å². The van der Waals surface area contributed by atoms with Gasteiger partial charge in [0.1, 0.15) is 48.3 Å². The smallest absolute Gasteiger partial charge is 0.147 e. The van der Waals surface area contributed by atoms with Crippen LogP contribution < -0.4 is 15.4 Å². The van der Waals surface area contributed by atoms with Crippen LogP contribution >= 0.6 is 0 Å². The number of hydrogen-bond acceptors (Lipinski definition) is 8. The first kappa shape index (κ1) is 19.5. The van der Waals surface area contributed by atoms with Gasteiger partial charge >= 0.3 is 0 Å². The lowest BCUT2D eigenvalue weighted by atomic mass is 10.2. The Labute approximate surface area is 179 Å². The molecule has 160 valence electrons. The van der Waals surface area contributed by atoms with E-state index in [1.807, 2.05) is 60.1 Å². The van der Waals surface area contributed by atoms with Gasteiger partial charge in [-0.15, -0.1) is 0 Å². The highest BCUT2D eigenvalue weighted by molar-refractivity contribution is 5.87. The minimum atomic E-state index is -0.646. The Bertz CT molecular complexity index is 1240. The monoisotopic (exact) mass is 420 g/mol. The van der Waals surface area contributed by atoms with Crippen LogP contribution in [0.25, 0.3) is 21.9 Å². The summed E-state index contributed by atoms with van der Waals surface area (Å²) < 4.78 is 14.0. The Kier molecular flexibility index (Phi) is 4.84. The quantitative estimate of drug-likeness (QED) is 0.506. The van der Waals surface area contributed by atoms with Gasteiger partial charge in [-0.3, -0.25) is 0 Å². The normalized spacial score (nSPS) is 21.1. The molecule has 3 aromatic heterocycles. The van der Waals surface area contributed by atoms with Crippen molar-refractivity contribution in [1.29, 1.82) is 0 Å². The molecule has 0 aliphatic carbocycles. The molecule has 1 aliphatic heterocycles. The van der Waals surface area contributed by atoms with E-state index in [4.69, 9.17) is 15.2 Å². The van der Waals surface area contributed by atoms with Crippen LogP contribution in [0.5, 0.6) is 5.75 Å². The summed E-state index contributed by atoms with van der Waals surface area (Å²) in [7, 11) is 3.89. The van der Waals surface area contributed by atoms with E-state index in [-0.39, 0.29) is 12.8 Å². The Balaban J connectivity index is 1.31. The van der Waals surface area contributed by atoms with E-state index in [2.05, 4.69) is 15.0 Å². The molecule has 0 spiro atoms. The SMILES string of the molecule is CN(C)c1ncnc2c1ccn2[C@H]1C[C@@H](O)C(COc2ccc3ccc(N)nc3c2)O1. The Morgan fingerprint density at radius 3 is 2.90 bits per heavy atom. The summed E-state index contributed by atoms with van der Waals surface area (Å²) in [6.45, 7) is 0.225. The van der Waals surface area contributed by atoms with Crippen LogP contribution in [0.15, 0.2) is 48.9 Å². The summed E-state index contributed by atoms with van der Waals surface area (Å²) in [6.07, 6.45) is 2.49. The van der Waals surface area contributed by atoms with Gasteiger partial charge in [0.2, 0.25) is 0 Å². The van der Waals surface area contributed by atoms with Crippen molar-refractivity contribution in [3.63, 3.8) is 0 Å². The van der Waals surface area contributed by atoms with Crippen molar-refractivity contribution in [3.8, 4) is 5.75 Å². The van der Waals surface area contributed by atoms with Crippen molar-refractivity contribution >= 4 is 33.6 Å². The van der Waals surface area contributed by atoms with E-state index in [0.29, 0.717) is 18.0 Å². The number of benzene rings is 1. The topological polar surface area (TPSA) is 112 Å². The van der Waals surface area contributed by atoms with E-state index < -0.39 is 12.2 Å². The number of aliphatic hydroxyl groups excluding tert-OH is 1. The maximum absolute atomic E-state index is 10.6. The second-order valence-electron chi connectivity index (χ2n) is 7.89. The van der Waals surface area contributed by atoms with E-state index in [9.17, 15) is 5.11 Å². The lowest BCUT2D eigenvalue weighted by Crippen LogP contribution is -2.28. The number of fused-ring (bicyclic) bond motifs is 2. The maximum atomic E-state index is 10.6. The largest absolute Gasteiger partial charge is 0.491 e. The zero-order valence-corrected chi connectivity index (χ0v) is 17.3. The highest BCUT2D eigenvalue weighted by Crippen LogP contribution is 2.33. The van der Waals surface area contributed by atoms with E-state index in [1.54, 1.807) is 12.4 Å². The first-order valence-corrected chi connectivity index (χ1v) is 10.1. The van der Waals surface area contributed by atoms with Crippen LogP contribution in [0.1, 0.15) is 12.6 Å². The number of hydrogen-bond donors (Lipinski definition) is 2. The summed E-state index contributed by atoms with van der Waals surface area (Å²) in [5, 5.41) is 12.5. The molecular weight excluding hydrogens is 396 g/mol. The van der Waals surface area contributed by atoms with Crippen molar-refractivity contribution in [2.45, 2.75) is 24.9 Å². The molecule has 5 rings (SSSR count). The molecular formula is C22H24N6O3. The molecule has 9 heteroatoms. The van der Waals surface area contributed by atoms with Gasteiger partial charge in [0.25, 0.3) is 0 Å². The molecule has 1 unspecified atom stereocenters.